The zero-order valence-corrected chi connectivity index (χ0v) is 8.81. The number of pyridine rings is 1. The topological polar surface area (TPSA) is 86.0 Å². The van der Waals surface area contributed by atoms with E-state index in [2.05, 4.69) is 10.3 Å². The molecular weight excluding hydrogens is 206 g/mol. The second-order valence-electron chi connectivity index (χ2n) is 3.29. The lowest BCUT2D eigenvalue weighted by molar-refractivity contribution is -0.137. The maximum absolute atomic E-state index is 10.3. The molecule has 0 unspecified atom stereocenters. The van der Waals surface area contributed by atoms with Crippen LogP contribution in [0.1, 0.15) is 25.0 Å². The molecule has 1 aromatic heterocycles. The maximum atomic E-state index is 10.3. The quantitative estimate of drug-likeness (QED) is 0.710. The Bertz CT molecular complexity index is 398. The van der Waals surface area contributed by atoms with Crippen molar-refractivity contribution in [3.63, 3.8) is 0 Å². The second-order valence-corrected chi connectivity index (χ2v) is 3.29. The van der Waals surface area contributed by atoms with Gasteiger partial charge in [-0.2, -0.15) is 5.26 Å². The first-order valence-corrected chi connectivity index (χ1v) is 5.05. The Morgan fingerprint density at radius 3 is 3.06 bits per heavy atom. The number of hydrogen-bond donors (Lipinski definition) is 2. The average molecular weight is 219 g/mol. The first-order valence-electron chi connectivity index (χ1n) is 5.05. The van der Waals surface area contributed by atoms with Crippen LogP contribution in [0.2, 0.25) is 0 Å². The van der Waals surface area contributed by atoms with E-state index in [0.717, 1.165) is 6.42 Å². The van der Waals surface area contributed by atoms with Gasteiger partial charge in [0.2, 0.25) is 0 Å². The molecule has 0 saturated heterocycles. The molecule has 1 rings (SSSR count). The van der Waals surface area contributed by atoms with Gasteiger partial charge >= 0.3 is 5.97 Å². The number of carbonyl (C=O) groups is 1. The van der Waals surface area contributed by atoms with Gasteiger partial charge in [-0.25, -0.2) is 4.98 Å². The Labute approximate surface area is 93.7 Å². The highest BCUT2D eigenvalue weighted by Gasteiger charge is 2.01. The highest BCUT2D eigenvalue weighted by molar-refractivity contribution is 5.66. The highest BCUT2D eigenvalue weighted by Crippen LogP contribution is 2.10. The summed E-state index contributed by atoms with van der Waals surface area (Å²) in [6.07, 6.45) is 3.13. The molecule has 0 aliphatic rings. The molecule has 16 heavy (non-hydrogen) atoms. The fraction of sp³-hybridized carbons (Fsp3) is 0.364. The number of carboxylic acid groups (broad SMARTS) is 1. The van der Waals surface area contributed by atoms with E-state index in [4.69, 9.17) is 10.4 Å². The van der Waals surface area contributed by atoms with Crippen LogP contribution in [0, 0.1) is 11.3 Å². The Morgan fingerprint density at radius 2 is 2.38 bits per heavy atom. The molecule has 0 aromatic carbocycles. The van der Waals surface area contributed by atoms with Crippen LogP contribution in [0.4, 0.5) is 5.69 Å². The fourth-order valence-corrected chi connectivity index (χ4v) is 1.26. The predicted octanol–water partition coefficient (Wildman–Crippen LogP) is 1.62. The van der Waals surface area contributed by atoms with Crippen molar-refractivity contribution in [2.75, 3.05) is 11.9 Å². The number of aliphatic carboxylic acids is 1. The Morgan fingerprint density at radius 1 is 1.56 bits per heavy atom. The van der Waals surface area contributed by atoms with Gasteiger partial charge in [-0.15, -0.1) is 0 Å². The molecule has 2 N–H and O–H groups in total. The number of aromatic nitrogens is 1. The normalized spacial score (nSPS) is 9.44. The van der Waals surface area contributed by atoms with Gasteiger partial charge in [0.15, 0.2) is 5.69 Å². The molecule has 0 bridgehead atoms. The lowest BCUT2D eigenvalue weighted by atomic mass is 10.2. The minimum absolute atomic E-state index is 0.180. The summed E-state index contributed by atoms with van der Waals surface area (Å²) in [5, 5.41) is 20.3. The molecule has 1 heterocycles. The van der Waals surface area contributed by atoms with Gasteiger partial charge in [0.1, 0.15) is 6.07 Å². The van der Waals surface area contributed by atoms with Gasteiger partial charge < -0.3 is 10.4 Å². The van der Waals surface area contributed by atoms with Crippen molar-refractivity contribution in [3.05, 3.63) is 24.0 Å². The number of rotatable bonds is 6. The molecule has 0 radical (unpaired) electrons. The van der Waals surface area contributed by atoms with Gasteiger partial charge in [0.25, 0.3) is 0 Å². The van der Waals surface area contributed by atoms with Gasteiger partial charge in [-0.3, -0.25) is 4.79 Å². The predicted molar refractivity (Wildman–Crippen MR) is 58.9 cm³/mol. The van der Waals surface area contributed by atoms with Gasteiger partial charge in [0, 0.05) is 19.2 Å². The summed E-state index contributed by atoms with van der Waals surface area (Å²) in [6.45, 7) is 0.646. The summed E-state index contributed by atoms with van der Waals surface area (Å²) in [4.78, 5) is 14.2. The van der Waals surface area contributed by atoms with E-state index < -0.39 is 5.97 Å². The summed E-state index contributed by atoms with van der Waals surface area (Å²) in [5.74, 6) is -0.779. The van der Waals surface area contributed by atoms with Crippen LogP contribution < -0.4 is 5.32 Å². The molecule has 5 nitrogen and oxygen atoms in total. The minimum atomic E-state index is -0.779. The van der Waals surface area contributed by atoms with E-state index in [9.17, 15) is 4.79 Å². The highest BCUT2D eigenvalue weighted by atomic mass is 16.4. The van der Waals surface area contributed by atoms with E-state index in [1.165, 1.54) is 0 Å². The van der Waals surface area contributed by atoms with Crippen LogP contribution in [0.25, 0.3) is 0 Å². The van der Waals surface area contributed by atoms with Crippen molar-refractivity contribution in [3.8, 4) is 6.07 Å². The maximum Gasteiger partial charge on any atom is 0.303 e. The van der Waals surface area contributed by atoms with E-state index in [1.54, 1.807) is 18.3 Å². The summed E-state index contributed by atoms with van der Waals surface area (Å²) in [5.41, 5.74) is 1.06. The van der Waals surface area contributed by atoms with E-state index in [1.807, 2.05) is 6.07 Å². The van der Waals surface area contributed by atoms with Crippen LogP contribution in [-0.4, -0.2) is 22.6 Å². The summed E-state index contributed by atoms with van der Waals surface area (Å²) in [6, 6.07) is 5.52. The molecule has 0 atom stereocenters. The molecule has 0 spiro atoms. The fourth-order valence-electron chi connectivity index (χ4n) is 1.26. The molecule has 0 fully saturated rings. The summed E-state index contributed by atoms with van der Waals surface area (Å²) < 4.78 is 0. The molecular formula is C11H13N3O2. The number of nitrogens with zero attached hydrogens (tertiary/aromatic N) is 2. The lowest BCUT2D eigenvalue weighted by Gasteiger charge is -2.06. The Hall–Kier alpha value is -2.09. The average Bonchev–Trinajstić information content (AvgIpc) is 2.29. The smallest absolute Gasteiger partial charge is 0.303 e. The third-order valence-electron chi connectivity index (χ3n) is 2.05. The number of nitrogens with one attached hydrogen (secondary N) is 1. The van der Waals surface area contributed by atoms with E-state index in [0.29, 0.717) is 24.3 Å². The molecule has 84 valence electrons. The van der Waals surface area contributed by atoms with Gasteiger partial charge in [0.05, 0.1) is 5.69 Å². The molecule has 1 aromatic rings. The van der Waals surface area contributed by atoms with Crippen molar-refractivity contribution in [2.24, 2.45) is 0 Å². The van der Waals surface area contributed by atoms with Crippen molar-refractivity contribution >= 4 is 11.7 Å². The number of unbranched alkanes of at least 4 members (excludes halogenated alkanes) is 1. The standard InChI is InChI=1S/C11H13N3O2/c12-8-10-9(4-3-7-14-10)13-6-2-1-5-11(15)16/h3-4,7,13H,1-2,5-6H2,(H,15,16). The largest absolute Gasteiger partial charge is 0.481 e. The third kappa shape index (κ3) is 3.96. The summed E-state index contributed by atoms with van der Waals surface area (Å²) >= 11 is 0. The van der Waals surface area contributed by atoms with Crippen molar-refractivity contribution in [1.29, 1.82) is 5.26 Å². The monoisotopic (exact) mass is 219 g/mol. The molecule has 0 amide bonds. The number of anilines is 1. The zero-order chi connectivity index (χ0) is 11.8. The van der Waals surface area contributed by atoms with Crippen LogP contribution in [0.5, 0.6) is 0 Å². The molecule has 0 aliphatic heterocycles. The lowest BCUT2D eigenvalue weighted by Crippen LogP contribution is -2.05. The van der Waals surface area contributed by atoms with Gasteiger partial charge in [-0.1, -0.05) is 0 Å². The van der Waals surface area contributed by atoms with Crippen LogP contribution >= 0.6 is 0 Å². The summed E-state index contributed by atoms with van der Waals surface area (Å²) in [7, 11) is 0. The van der Waals surface area contributed by atoms with Gasteiger partial charge in [-0.05, 0) is 25.0 Å². The second kappa shape index (κ2) is 6.40. The Balaban J connectivity index is 2.32. The number of nitriles is 1. The first kappa shape index (κ1) is 12.0. The third-order valence-corrected chi connectivity index (χ3v) is 2.05. The van der Waals surface area contributed by atoms with Crippen LogP contribution in [0.3, 0.4) is 0 Å². The van der Waals surface area contributed by atoms with E-state index in [-0.39, 0.29) is 6.42 Å². The van der Waals surface area contributed by atoms with Crippen molar-refractivity contribution < 1.29 is 9.90 Å². The Kier molecular flexibility index (Phi) is 4.80. The first-order chi connectivity index (χ1) is 7.74. The number of carboxylic acids is 1. The van der Waals surface area contributed by atoms with E-state index >= 15 is 0 Å². The minimum Gasteiger partial charge on any atom is -0.481 e. The molecule has 0 saturated carbocycles. The molecule has 5 heteroatoms. The molecule has 0 aliphatic carbocycles. The van der Waals surface area contributed by atoms with Crippen LogP contribution in [0.15, 0.2) is 18.3 Å². The SMILES string of the molecule is N#Cc1ncccc1NCCCCC(=O)O. The van der Waals surface area contributed by atoms with Crippen molar-refractivity contribution in [2.45, 2.75) is 19.3 Å². The van der Waals surface area contributed by atoms with Crippen LogP contribution in [-0.2, 0) is 4.79 Å². The number of hydrogen-bond acceptors (Lipinski definition) is 4. The van der Waals surface area contributed by atoms with Crippen molar-refractivity contribution in [1.82, 2.24) is 4.98 Å². The zero-order valence-electron chi connectivity index (χ0n) is 8.81.